The van der Waals surface area contributed by atoms with Crippen LogP contribution in [0.4, 0.5) is 0 Å². The maximum absolute atomic E-state index is 6.06. The average Bonchev–Trinajstić information content (AvgIpc) is 2.37. The first-order valence-corrected chi connectivity index (χ1v) is 7.03. The van der Waals surface area contributed by atoms with Gasteiger partial charge >= 0.3 is 0 Å². The Morgan fingerprint density at radius 2 is 1.58 bits per heavy atom. The molecule has 2 rings (SSSR count). The van der Waals surface area contributed by atoms with Gasteiger partial charge in [0.25, 0.3) is 0 Å². The minimum Gasteiger partial charge on any atom is -0.313 e. The van der Waals surface area contributed by atoms with Crippen LogP contribution in [0.3, 0.4) is 0 Å². The first-order valence-electron chi connectivity index (χ1n) is 6.27. The fourth-order valence-corrected chi connectivity index (χ4v) is 2.67. The molecule has 0 fully saturated rings. The van der Waals surface area contributed by atoms with Gasteiger partial charge in [0.2, 0.25) is 0 Å². The third-order valence-corrected chi connectivity index (χ3v) is 3.63. The van der Waals surface area contributed by atoms with Gasteiger partial charge in [-0.1, -0.05) is 53.0 Å². The standard InChI is InChI=1S/C16H17Cl2N/c1-11-3-5-12(6-4-11)7-16(19-2)13-8-14(17)10-15(18)9-13/h3-6,8-10,16,19H,7H2,1-2H3. The van der Waals surface area contributed by atoms with E-state index in [1.807, 2.05) is 19.2 Å². The Balaban J connectivity index is 2.22. The topological polar surface area (TPSA) is 12.0 Å². The van der Waals surface area contributed by atoms with E-state index in [0.717, 1.165) is 12.0 Å². The van der Waals surface area contributed by atoms with E-state index in [1.54, 1.807) is 6.07 Å². The van der Waals surface area contributed by atoms with Gasteiger partial charge in [0.1, 0.15) is 0 Å². The van der Waals surface area contributed by atoms with Crippen LogP contribution in [0.2, 0.25) is 10.0 Å². The van der Waals surface area contributed by atoms with E-state index < -0.39 is 0 Å². The molecule has 1 atom stereocenters. The Kier molecular flexibility index (Phi) is 4.87. The van der Waals surface area contributed by atoms with Crippen molar-refractivity contribution in [1.29, 1.82) is 0 Å². The van der Waals surface area contributed by atoms with Crippen molar-refractivity contribution in [3.63, 3.8) is 0 Å². The quantitative estimate of drug-likeness (QED) is 0.853. The van der Waals surface area contributed by atoms with Crippen LogP contribution in [0.25, 0.3) is 0 Å². The van der Waals surface area contributed by atoms with E-state index in [0.29, 0.717) is 10.0 Å². The molecule has 2 aromatic rings. The zero-order chi connectivity index (χ0) is 13.8. The summed E-state index contributed by atoms with van der Waals surface area (Å²) in [6.45, 7) is 2.09. The molecule has 0 heterocycles. The van der Waals surface area contributed by atoms with Gasteiger partial charge in [-0.05, 0) is 49.7 Å². The number of rotatable bonds is 4. The molecule has 0 radical (unpaired) electrons. The third-order valence-electron chi connectivity index (χ3n) is 3.20. The lowest BCUT2D eigenvalue weighted by Gasteiger charge is -2.17. The Morgan fingerprint density at radius 1 is 1.00 bits per heavy atom. The summed E-state index contributed by atoms with van der Waals surface area (Å²) in [5.74, 6) is 0. The number of hydrogen-bond donors (Lipinski definition) is 1. The highest BCUT2D eigenvalue weighted by Gasteiger charge is 2.11. The molecule has 100 valence electrons. The fraction of sp³-hybridized carbons (Fsp3) is 0.250. The molecule has 0 aliphatic carbocycles. The van der Waals surface area contributed by atoms with Crippen molar-refractivity contribution in [1.82, 2.24) is 5.32 Å². The Hall–Kier alpha value is -1.02. The van der Waals surface area contributed by atoms with Crippen LogP contribution in [-0.2, 0) is 6.42 Å². The van der Waals surface area contributed by atoms with Gasteiger partial charge in [-0.3, -0.25) is 0 Å². The first-order chi connectivity index (χ1) is 9.08. The number of likely N-dealkylation sites (N-methyl/N-ethyl adjacent to an activating group) is 1. The van der Waals surface area contributed by atoms with Gasteiger partial charge in [-0.15, -0.1) is 0 Å². The highest BCUT2D eigenvalue weighted by atomic mass is 35.5. The second-order valence-corrected chi connectivity index (χ2v) is 5.61. The lowest BCUT2D eigenvalue weighted by molar-refractivity contribution is 0.592. The smallest absolute Gasteiger partial charge is 0.0424 e. The van der Waals surface area contributed by atoms with E-state index in [4.69, 9.17) is 23.2 Å². The highest BCUT2D eigenvalue weighted by Crippen LogP contribution is 2.25. The van der Waals surface area contributed by atoms with E-state index in [9.17, 15) is 0 Å². The van der Waals surface area contributed by atoms with E-state index >= 15 is 0 Å². The van der Waals surface area contributed by atoms with Crippen molar-refractivity contribution in [3.05, 3.63) is 69.2 Å². The largest absolute Gasteiger partial charge is 0.313 e. The summed E-state index contributed by atoms with van der Waals surface area (Å²) in [5.41, 5.74) is 3.68. The molecule has 1 N–H and O–H groups in total. The molecule has 0 saturated heterocycles. The van der Waals surface area contributed by atoms with Crippen LogP contribution in [0.15, 0.2) is 42.5 Å². The maximum Gasteiger partial charge on any atom is 0.0424 e. The second-order valence-electron chi connectivity index (χ2n) is 4.73. The van der Waals surface area contributed by atoms with Gasteiger partial charge in [0.15, 0.2) is 0 Å². The predicted octanol–water partition coefficient (Wildman–Crippen LogP) is 4.81. The highest BCUT2D eigenvalue weighted by molar-refractivity contribution is 6.34. The Bertz CT molecular complexity index is 529. The molecular weight excluding hydrogens is 277 g/mol. The lowest BCUT2D eigenvalue weighted by atomic mass is 9.98. The molecule has 1 unspecified atom stereocenters. The molecule has 0 bridgehead atoms. The van der Waals surface area contributed by atoms with Crippen molar-refractivity contribution in [2.24, 2.45) is 0 Å². The van der Waals surface area contributed by atoms with Crippen LogP contribution >= 0.6 is 23.2 Å². The SMILES string of the molecule is CNC(Cc1ccc(C)cc1)c1cc(Cl)cc(Cl)c1. The maximum atomic E-state index is 6.06. The molecule has 0 saturated carbocycles. The zero-order valence-corrected chi connectivity index (χ0v) is 12.6. The van der Waals surface area contributed by atoms with E-state index in [2.05, 4.69) is 36.5 Å². The minimum absolute atomic E-state index is 0.207. The monoisotopic (exact) mass is 293 g/mol. The molecule has 3 heteroatoms. The molecule has 1 nitrogen and oxygen atoms in total. The minimum atomic E-state index is 0.207. The average molecular weight is 294 g/mol. The summed E-state index contributed by atoms with van der Waals surface area (Å²) in [6.07, 6.45) is 0.910. The van der Waals surface area contributed by atoms with Crippen molar-refractivity contribution in [3.8, 4) is 0 Å². The van der Waals surface area contributed by atoms with Gasteiger partial charge in [-0.2, -0.15) is 0 Å². The van der Waals surface area contributed by atoms with Crippen LogP contribution < -0.4 is 5.32 Å². The van der Waals surface area contributed by atoms with Crippen LogP contribution in [0.1, 0.15) is 22.7 Å². The Labute approximate surface area is 124 Å². The first kappa shape index (κ1) is 14.4. The molecule has 0 aliphatic rings. The fourth-order valence-electron chi connectivity index (χ4n) is 2.12. The molecule has 0 aromatic heterocycles. The normalized spacial score (nSPS) is 12.4. The molecule has 0 spiro atoms. The molecule has 19 heavy (non-hydrogen) atoms. The summed E-state index contributed by atoms with van der Waals surface area (Å²) in [7, 11) is 1.95. The predicted molar refractivity (Wildman–Crippen MR) is 83.1 cm³/mol. The number of nitrogens with one attached hydrogen (secondary N) is 1. The summed E-state index contributed by atoms with van der Waals surface area (Å²) >= 11 is 12.1. The van der Waals surface area contributed by atoms with Crippen molar-refractivity contribution < 1.29 is 0 Å². The summed E-state index contributed by atoms with van der Waals surface area (Å²) in [4.78, 5) is 0. The van der Waals surface area contributed by atoms with Gasteiger partial charge in [-0.25, -0.2) is 0 Å². The molecule has 2 aromatic carbocycles. The molecular formula is C16H17Cl2N. The summed E-state index contributed by atoms with van der Waals surface area (Å²) < 4.78 is 0. The van der Waals surface area contributed by atoms with Crippen molar-refractivity contribution in [2.45, 2.75) is 19.4 Å². The van der Waals surface area contributed by atoms with Gasteiger partial charge in [0.05, 0.1) is 0 Å². The van der Waals surface area contributed by atoms with Crippen LogP contribution in [0, 0.1) is 6.92 Å². The lowest BCUT2D eigenvalue weighted by Crippen LogP contribution is -2.18. The molecule has 0 aliphatic heterocycles. The van der Waals surface area contributed by atoms with Gasteiger partial charge < -0.3 is 5.32 Å². The second kappa shape index (κ2) is 6.42. The van der Waals surface area contributed by atoms with Crippen LogP contribution in [0.5, 0.6) is 0 Å². The number of aryl methyl sites for hydroxylation is 1. The number of halogens is 2. The van der Waals surface area contributed by atoms with Crippen molar-refractivity contribution >= 4 is 23.2 Å². The number of benzene rings is 2. The molecule has 0 amide bonds. The Morgan fingerprint density at radius 3 is 2.11 bits per heavy atom. The van der Waals surface area contributed by atoms with Crippen molar-refractivity contribution in [2.75, 3.05) is 7.05 Å². The van der Waals surface area contributed by atoms with E-state index in [-0.39, 0.29) is 6.04 Å². The van der Waals surface area contributed by atoms with E-state index in [1.165, 1.54) is 11.1 Å². The third kappa shape index (κ3) is 3.97. The number of hydrogen-bond acceptors (Lipinski definition) is 1. The zero-order valence-electron chi connectivity index (χ0n) is 11.1. The van der Waals surface area contributed by atoms with Gasteiger partial charge in [0, 0.05) is 16.1 Å². The summed E-state index contributed by atoms with van der Waals surface area (Å²) in [5, 5.41) is 4.66. The van der Waals surface area contributed by atoms with Crippen LogP contribution in [-0.4, -0.2) is 7.05 Å². The summed E-state index contributed by atoms with van der Waals surface area (Å²) in [6, 6.07) is 14.5.